The van der Waals surface area contributed by atoms with E-state index in [-0.39, 0.29) is 6.61 Å². The molecule has 0 bridgehead atoms. The van der Waals surface area contributed by atoms with Gasteiger partial charge in [-0.1, -0.05) is 12.5 Å². The number of benzene rings is 1. The third kappa shape index (κ3) is 4.61. The third-order valence-electron chi connectivity index (χ3n) is 4.12. The van der Waals surface area contributed by atoms with Gasteiger partial charge in [-0.15, -0.1) is 0 Å². The van der Waals surface area contributed by atoms with E-state index in [2.05, 4.69) is 11.9 Å². The summed E-state index contributed by atoms with van der Waals surface area (Å²) in [7, 11) is 2.20. The SMILES string of the molecule is CCOc1cc(CO)ccc1OCCC1CCCCN1C. The molecule has 1 aromatic carbocycles. The highest BCUT2D eigenvalue weighted by atomic mass is 16.5. The summed E-state index contributed by atoms with van der Waals surface area (Å²) in [5, 5.41) is 9.19. The van der Waals surface area contributed by atoms with Crippen LogP contribution >= 0.6 is 0 Å². The van der Waals surface area contributed by atoms with Crippen molar-refractivity contribution in [1.29, 1.82) is 0 Å². The molecule has 0 spiro atoms. The molecule has 1 heterocycles. The highest BCUT2D eigenvalue weighted by molar-refractivity contribution is 5.42. The number of aliphatic hydroxyl groups excluding tert-OH is 1. The van der Waals surface area contributed by atoms with Crippen molar-refractivity contribution in [1.82, 2.24) is 4.90 Å². The Morgan fingerprint density at radius 2 is 2.10 bits per heavy atom. The third-order valence-corrected chi connectivity index (χ3v) is 4.12. The molecule has 0 radical (unpaired) electrons. The lowest BCUT2D eigenvalue weighted by Crippen LogP contribution is -2.37. The molecule has 1 aliphatic rings. The Kier molecular flexibility index (Phi) is 6.33. The quantitative estimate of drug-likeness (QED) is 0.839. The number of aliphatic hydroxyl groups is 1. The zero-order valence-electron chi connectivity index (χ0n) is 13.2. The van der Waals surface area contributed by atoms with Gasteiger partial charge in [0.15, 0.2) is 11.5 Å². The first-order valence-corrected chi connectivity index (χ1v) is 7.94. The Balaban J connectivity index is 1.89. The molecular weight excluding hydrogens is 266 g/mol. The van der Waals surface area contributed by atoms with Gasteiger partial charge >= 0.3 is 0 Å². The minimum Gasteiger partial charge on any atom is -0.490 e. The topological polar surface area (TPSA) is 41.9 Å². The number of ether oxygens (including phenoxy) is 2. The van der Waals surface area contributed by atoms with Crippen molar-refractivity contribution in [3.05, 3.63) is 23.8 Å². The van der Waals surface area contributed by atoms with Crippen LogP contribution in [0.3, 0.4) is 0 Å². The molecule has 1 fully saturated rings. The molecule has 0 aliphatic carbocycles. The fourth-order valence-corrected chi connectivity index (χ4v) is 2.85. The molecule has 1 N–H and O–H groups in total. The van der Waals surface area contributed by atoms with Crippen LogP contribution < -0.4 is 9.47 Å². The van der Waals surface area contributed by atoms with Crippen LogP contribution in [0.5, 0.6) is 11.5 Å². The molecular formula is C17H27NO3. The van der Waals surface area contributed by atoms with Gasteiger partial charge < -0.3 is 19.5 Å². The molecule has 2 rings (SSSR count). The maximum absolute atomic E-state index is 9.19. The minimum absolute atomic E-state index is 0.0211. The molecule has 1 aliphatic heterocycles. The van der Waals surface area contributed by atoms with Gasteiger partial charge in [-0.25, -0.2) is 0 Å². The Morgan fingerprint density at radius 3 is 2.81 bits per heavy atom. The molecule has 1 atom stereocenters. The minimum atomic E-state index is 0.0211. The van der Waals surface area contributed by atoms with E-state index in [1.54, 1.807) is 0 Å². The maximum Gasteiger partial charge on any atom is 0.161 e. The van der Waals surface area contributed by atoms with Crippen LogP contribution in [-0.2, 0) is 6.61 Å². The lowest BCUT2D eigenvalue weighted by Gasteiger charge is -2.32. The molecule has 0 aromatic heterocycles. The van der Waals surface area contributed by atoms with Gasteiger partial charge in [0.05, 0.1) is 19.8 Å². The number of rotatable bonds is 7. The van der Waals surface area contributed by atoms with Gasteiger partial charge in [-0.3, -0.25) is 0 Å². The molecule has 1 saturated heterocycles. The summed E-state index contributed by atoms with van der Waals surface area (Å²) in [6.45, 7) is 4.46. The monoisotopic (exact) mass is 293 g/mol. The van der Waals surface area contributed by atoms with Crippen LogP contribution in [0.25, 0.3) is 0 Å². The number of likely N-dealkylation sites (tertiary alicyclic amines) is 1. The fourth-order valence-electron chi connectivity index (χ4n) is 2.85. The Labute approximate surface area is 127 Å². The lowest BCUT2D eigenvalue weighted by atomic mass is 10.0. The van der Waals surface area contributed by atoms with Gasteiger partial charge in [0.2, 0.25) is 0 Å². The van der Waals surface area contributed by atoms with Crippen molar-refractivity contribution in [2.75, 3.05) is 26.8 Å². The van der Waals surface area contributed by atoms with E-state index in [1.807, 2.05) is 25.1 Å². The van der Waals surface area contributed by atoms with E-state index in [4.69, 9.17) is 9.47 Å². The smallest absolute Gasteiger partial charge is 0.161 e. The molecule has 1 unspecified atom stereocenters. The molecule has 0 saturated carbocycles. The normalized spacial score (nSPS) is 19.5. The number of hydrogen-bond donors (Lipinski definition) is 1. The summed E-state index contributed by atoms with van der Waals surface area (Å²) in [5.74, 6) is 1.49. The average Bonchev–Trinajstić information content (AvgIpc) is 2.51. The fraction of sp³-hybridized carbons (Fsp3) is 0.647. The van der Waals surface area contributed by atoms with Crippen molar-refractivity contribution in [2.45, 2.75) is 45.3 Å². The van der Waals surface area contributed by atoms with Gasteiger partial charge in [0.25, 0.3) is 0 Å². The van der Waals surface area contributed by atoms with Gasteiger partial charge in [0.1, 0.15) is 0 Å². The Bertz CT molecular complexity index is 436. The second-order valence-electron chi connectivity index (χ2n) is 5.64. The van der Waals surface area contributed by atoms with Crippen molar-refractivity contribution in [2.24, 2.45) is 0 Å². The van der Waals surface area contributed by atoms with Crippen LogP contribution in [-0.4, -0.2) is 42.9 Å². The van der Waals surface area contributed by atoms with Gasteiger partial charge in [-0.2, -0.15) is 0 Å². The summed E-state index contributed by atoms with van der Waals surface area (Å²) in [6.07, 6.45) is 4.95. The van der Waals surface area contributed by atoms with Gasteiger partial charge in [-0.05, 0) is 57.5 Å². The van der Waals surface area contributed by atoms with Crippen LogP contribution in [0.1, 0.15) is 38.2 Å². The van der Waals surface area contributed by atoms with E-state index in [0.717, 1.165) is 23.5 Å². The highest BCUT2D eigenvalue weighted by Crippen LogP contribution is 2.29. The maximum atomic E-state index is 9.19. The standard InChI is InChI=1S/C17H27NO3/c1-3-20-17-12-14(13-19)7-8-16(17)21-11-9-15-6-4-5-10-18(15)2/h7-8,12,15,19H,3-6,9-11,13H2,1-2H3. The van der Waals surface area contributed by atoms with E-state index in [9.17, 15) is 5.11 Å². The molecule has 4 nitrogen and oxygen atoms in total. The number of hydrogen-bond acceptors (Lipinski definition) is 4. The van der Waals surface area contributed by atoms with E-state index in [1.165, 1.54) is 25.8 Å². The van der Waals surface area contributed by atoms with E-state index >= 15 is 0 Å². The molecule has 21 heavy (non-hydrogen) atoms. The number of piperidine rings is 1. The Morgan fingerprint density at radius 1 is 1.24 bits per heavy atom. The largest absolute Gasteiger partial charge is 0.490 e. The van der Waals surface area contributed by atoms with E-state index < -0.39 is 0 Å². The summed E-state index contributed by atoms with van der Waals surface area (Å²) >= 11 is 0. The summed E-state index contributed by atoms with van der Waals surface area (Å²) < 4.78 is 11.5. The predicted octanol–water partition coefficient (Wildman–Crippen LogP) is 2.83. The molecule has 1 aromatic rings. The first-order valence-electron chi connectivity index (χ1n) is 7.94. The van der Waals surface area contributed by atoms with Crippen molar-refractivity contribution in [3.63, 3.8) is 0 Å². The lowest BCUT2D eigenvalue weighted by molar-refractivity contribution is 0.151. The zero-order valence-corrected chi connectivity index (χ0v) is 13.2. The first kappa shape index (κ1) is 16.1. The van der Waals surface area contributed by atoms with Crippen LogP contribution in [0, 0.1) is 0 Å². The van der Waals surface area contributed by atoms with E-state index in [0.29, 0.717) is 19.3 Å². The zero-order chi connectivity index (χ0) is 15.1. The average molecular weight is 293 g/mol. The molecule has 0 amide bonds. The van der Waals surface area contributed by atoms with Gasteiger partial charge in [0, 0.05) is 6.04 Å². The summed E-state index contributed by atoms with van der Waals surface area (Å²) in [5.41, 5.74) is 0.845. The van der Waals surface area contributed by atoms with Crippen LogP contribution in [0.2, 0.25) is 0 Å². The Hall–Kier alpha value is -1.26. The summed E-state index contributed by atoms with van der Waals surface area (Å²) in [6, 6.07) is 6.25. The molecule has 118 valence electrons. The van der Waals surface area contributed by atoms with Crippen molar-refractivity contribution < 1.29 is 14.6 Å². The highest BCUT2D eigenvalue weighted by Gasteiger charge is 2.18. The van der Waals surface area contributed by atoms with Crippen molar-refractivity contribution in [3.8, 4) is 11.5 Å². The summed E-state index contributed by atoms with van der Waals surface area (Å²) in [4.78, 5) is 2.44. The number of nitrogens with zero attached hydrogens (tertiary/aromatic N) is 1. The molecule has 4 heteroatoms. The van der Waals surface area contributed by atoms with Crippen LogP contribution in [0.15, 0.2) is 18.2 Å². The second-order valence-corrected chi connectivity index (χ2v) is 5.64. The van der Waals surface area contributed by atoms with Crippen molar-refractivity contribution >= 4 is 0 Å². The predicted molar refractivity (Wildman–Crippen MR) is 83.9 cm³/mol. The second kappa shape index (κ2) is 8.25. The van der Waals surface area contributed by atoms with Crippen LogP contribution in [0.4, 0.5) is 0 Å². The first-order chi connectivity index (χ1) is 10.2.